The van der Waals surface area contributed by atoms with Gasteiger partial charge in [-0.05, 0) is 31.0 Å². The molecule has 0 amide bonds. The van der Waals surface area contributed by atoms with E-state index >= 15 is 0 Å². The number of hydrogen-bond donors (Lipinski definition) is 0. The zero-order valence-corrected chi connectivity index (χ0v) is 10.4. The first-order valence-corrected chi connectivity index (χ1v) is 6.62. The molecule has 2 heterocycles. The monoisotopic (exact) mass is 238 g/mol. The van der Waals surface area contributed by atoms with Gasteiger partial charge in [0.15, 0.2) is 0 Å². The summed E-state index contributed by atoms with van der Waals surface area (Å²) in [6.45, 7) is 2.16. The number of nitrogens with zero attached hydrogens (tertiary/aromatic N) is 2. The van der Waals surface area contributed by atoms with Gasteiger partial charge in [0.2, 0.25) is 0 Å². The summed E-state index contributed by atoms with van der Waals surface area (Å²) in [6.07, 6.45) is 8.98. The number of likely N-dealkylation sites (tertiary alicyclic amines) is 1. The molecule has 1 aromatic rings. The number of alkyl halides is 1. The molecule has 1 aliphatic heterocycles. The molecule has 2 rings (SSSR count). The molecule has 16 heavy (non-hydrogen) atoms. The minimum absolute atomic E-state index is 0.546. The first kappa shape index (κ1) is 11.9. The van der Waals surface area contributed by atoms with E-state index in [0.717, 1.165) is 12.4 Å². The Bertz CT molecular complexity index is 302. The first-order chi connectivity index (χ1) is 7.90. The van der Waals surface area contributed by atoms with Gasteiger partial charge in [-0.25, -0.2) is 0 Å². The third-order valence-corrected chi connectivity index (χ3v) is 3.64. The molecular formula is C13H19ClN2. The Balaban J connectivity index is 2.00. The highest BCUT2D eigenvalue weighted by Gasteiger charge is 2.19. The fourth-order valence-electron chi connectivity index (χ4n) is 2.35. The highest BCUT2D eigenvalue weighted by atomic mass is 35.5. The van der Waals surface area contributed by atoms with Crippen LogP contribution >= 0.6 is 11.6 Å². The molecule has 0 radical (unpaired) electrons. The predicted octanol–water partition coefficient (Wildman–Crippen LogP) is 3.07. The second kappa shape index (κ2) is 6.21. The van der Waals surface area contributed by atoms with Gasteiger partial charge in [0.1, 0.15) is 0 Å². The van der Waals surface area contributed by atoms with E-state index in [-0.39, 0.29) is 0 Å². The minimum Gasteiger partial charge on any atom is -0.295 e. The molecular weight excluding hydrogens is 220 g/mol. The lowest BCUT2D eigenvalue weighted by Crippen LogP contribution is -2.35. The third-order valence-electron chi connectivity index (χ3n) is 3.29. The fourth-order valence-corrected chi connectivity index (χ4v) is 2.70. The molecule has 1 aliphatic rings. The molecule has 2 nitrogen and oxygen atoms in total. The van der Waals surface area contributed by atoms with Crippen LogP contribution in [0.5, 0.6) is 0 Å². The van der Waals surface area contributed by atoms with Crippen molar-refractivity contribution in [2.45, 2.75) is 38.3 Å². The van der Waals surface area contributed by atoms with Gasteiger partial charge in [0.25, 0.3) is 0 Å². The van der Waals surface area contributed by atoms with Crippen molar-refractivity contribution in [3.8, 4) is 0 Å². The quantitative estimate of drug-likeness (QED) is 0.753. The van der Waals surface area contributed by atoms with Crippen LogP contribution in [0.4, 0.5) is 0 Å². The normalized spacial score (nSPS) is 22.9. The minimum atomic E-state index is 0.546. The smallest absolute Gasteiger partial charge is 0.0379 e. The van der Waals surface area contributed by atoms with Crippen LogP contribution in [0.1, 0.15) is 31.2 Å². The van der Waals surface area contributed by atoms with Crippen LogP contribution in [-0.4, -0.2) is 28.4 Å². The van der Waals surface area contributed by atoms with E-state index in [9.17, 15) is 0 Å². The van der Waals surface area contributed by atoms with Gasteiger partial charge in [-0.1, -0.05) is 18.9 Å². The SMILES string of the molecule is ClCC1CCCCCN1Cc1cccnc1. The fraction of sp³-hybridized carbons (Fsp3) is 0.615. The summed E-state index contributed by atoms with van der Waals surface area (Å²) in [7, 11) is 0. The lowest BCUT2D eigenvalue weighted by Gasteiger charge is -2.28. The molecule has 1 atom stereocenters. The molecule has 1 aromatic heterocycles. The largest absolute Gasteiger partial charge is 0.295 e. The maximum atomic E-state index is 6.06. The van der Waals surface area contributed by atoms with Gasteiger partial charge in [-0.2, -0.15) is 0 Å². The lowest BCUT2D eigenvalue weighted by molar-refractivity contribution is 0.207. The molecule has 0 saturated carbocycles. The zero-order valence-electron chi connectivity index (χ0n) is 9.61. The number of hydrogen-bond acceptors (Lipinski definition) is 2. The Morgan fingerprint density at radius 1 is 1.38 bits per heavy atom. The van der Waals surface area contributed by atoms with Crippen LogP contribution in [0, 0.1) is 0 Å². The van der Waals surface area contributed by atoms with Gasteiger partial charge >= 0.3 is 0 Å². The van der Waals surface area contributed by atoms with Crippen molar-refractivity contribution in [1.29, 1.82) is 0 Å². The Morgan fingerprint density at radius 2 is 2.31 bits per heavy atom. The summed E-state index contributed by atoms with van der Waals surface area (Å²) < 4.78 is 0. The summed E-state index contributed by atoms with van der Waals surface area (Å²) in [5.74, 6) is 0.750. The van der Waals surface area contributed by atoms with Gasteiger partial charge < -0.3 is 0 Å². The Morgan fingerprint density at radius 3 is 3.06 bits per heavy atom. The Kier molecular flexibility index (Phi) is 4.61. The van der Waals surface area contributed by atoms with Crippen LogP contribution in [0.15, 0.2) is 24.5 Å². The summed E-state index contributed by atoms with van der Waals surface area (Å²) >= 11 is 6.06. The summed E-state index contributed by atoms with van der Waals surface area (Å²) in [5.41, 5.74) is 1.29. The van der Waals surface area contributed by atoms with Gasteiger partial charge in [-0.3, -0.25) is 9.88 Å². The molecule has 0 aliphatic carbocycles. The number of aromatic nitrogens is 1. The standard InChI is InChI=1S/C13H19ClN2/c14-9-13-6-2-1-3-8-16(13)11-12-5-4-7-15-10-12/h4-5,7,10,13H,1-3,6,8-9,11H2. The number of rotatable bonds is 3. The molecule has 88 valence electrons. The highest BCUT2D eigenvalue weighted by Crippen LogP contribution is 2.19. The van der Waals surface area contributed by atoms with Gasteiger partial charge in [0.05, 0.1) is 0 Å². The van der Waals surface area contributed by atoms with Crippen LogP contribution in [-0.2, 0) is 6.54 Å². The van der Waals surface area contributed by atoms with E-state index in [1.54, 1.807) is 0 Å². The second-order valence-electron chi connectivity index (χ2n) is 4.49. The van der Waals surface area contributed by atoms with E-state index in [0.29, 0.717) is 6.04 Å². The molecule has 1 saturated heterocycles. The van der Waals surface area contributed by atoms with Crippen LogP contribution in [0.2, 0.25) is 0 Å². The maximum absolute atomic E-state index is 6.06. The Hall–Kier alpha value is -0.600. The molecule has 0 bridgehead atoms. The average Bonchev–Trinajstić information content (AvgIpc) is 2.55. The van der Waals surface area contributed by atoms with E-state index in [4.69, 9.17) is 11.6 Å². The van der Waals surface area contributed by atoms with E-state index < -0.39 is 0 Å². The third kappa shape index (κ3) is 3.19. The van der Waals surface area contributed by atoms with E-state index in [1.165, 1.54) is 37.8 Å². The van der Waals surface area contributed by atoms with Gasteiger partial charge in [0, 0.05) is 30.9 Å². The maximum Gasteiger partial charge on any atom is 0.0379 e. The van der Waals surface area contributed by atoms with Crippen molar-refractivity contribution in [3.63, 3.8) is 0 Å². The Labute approximate surface area is 103 Å². The molecule has 0 aromatic carbocycles. The topological polar surface area (TPSA) is 16.1 Å². The van der Waals surface area contributed by atoms with Crippen molar-refractivity contribution in [2.75, 3.05) is 12.4 Å². The molecule has 1 fully saturated rings. The second-order valence-corrected chi connectivity index (χ2v) is 4.80. The van der Waals surface area contributed by atoms with E-state index in [2.05, 4.69) is 16.0 Å². The zero-order chi connectivity index (χ0) is 11.2. The number of halogens is 1. The predicted molar refractivity (Wildman–Crippen MR) is 67.6 cm³/mol. The molecule has 1 unspecified atom stereocenters. The van der Waals surface area contributed by atoms with Crippen molar-refractivity contribution < 1.29 is 0 Å². The summed E-state index contributed by atoms with van der Waals surface area (Å²) in [5, 5.41) is 0. The summed E-state index contributed by atoms with van der Waals surface area (Å²) in [6, 6.07) is 4.69. The number of pyridine rings is 1. The van der Waals surface area contributed by atoms with Crippen LogP contribution in [0.25, 0.3) is 0 Å². The van der Waals surface area contributed by atoms with Crippen molar-refractivity contribution >= 4 is 11.6 Å². The highest BCUT2D eigenvalue weighted by molar-refractivity contribution is 6.18. The molecule has 0 N–H and O–H groups in total. The van der Waals surface area contributed by atoms with Crippen molar-refractivity contribution in [3.05, 3.63) is 30.1 Å². The first-order valence-electron chi connectivity index (χ1n) is 6.09. The lowest BCUT2D eigenvalue weighted by atomic mass is 10.1. The van der Waals surface area contributed by atoms with Crippen molar-refractivity contribution in [2.24, 2.45) is 0 Å². The van der Waals surface area contributed by atoms with Crippen LogP contribution in [0.3, 0.4) is 0 Å². The summed E-state index contributed by atoms with van der Waals surface area (Å²) in [4.78, 5) is 6.68. The van der Waals surface area contributed by atoms with Crippen LogP contribution < -0.4 is 0 Å². The molecule has 0 spiro atoms. The van der Waals surface area contributed by atoms with Crippen molar-refractivity contribution in [1.82, 2.24) is 9.88 Å². The van der Waals surface area contributed by atoms with Gasteiger partial charge in [-0.15, -0.1) is 11.6 Å². The average molecular weight is 239 g/mol. The van der Waals surface area contributed by atoms with E-state index in [1.807, 2.05) is 18.5 Å². The molecule has 3 heteroatoms.